The van der Waals surface area contributed by atoms with E-state index in [9.17, 15) is 15.0 Å². The van der Waals surface area contributed by atoms with E-state index in [1.165, 1.54) is 0 Å². The second-order valence-corrected chi connectivity index (χ2v) is 10.4. The number of rotatable bonds is 0. The summed E-state index contributed by atoms with van der Waals surface area (Å²) in [6.07, 6.45) is 6.23. The van der Waals surface area contributed by atoms with Crippen LogP contribution >= 0.6 is 0 Å². The van der Waals surface area contributed by atoms with Gasteiger partial charge in [0.15, 0.2) is 0 Å². The molecule has 24 heavy (non-hydrogen) atoms. The molecule has 2 N–H and O–H groups in total. The quantitative estimate of drug-likeness (QED) is 0.712. The fourth-order valence-corrected chi connectivity index (χ4v) is 7.76. The van der Waals surface area contributed by atoms with Gasteiger partial charge >= 0.3 is 0 Å². The van der Waals surface area contributed by atoms with Crippen LogP contribution in [0.2, 0.25) is 0 Å². The summed E-state index contributed by atoms with van der Waals surface area (Å²) in [4.78, 5) is 12.3. The molecule has 4 fully saturated rings. The summed E-state index contributed by atoms with van der Waals surface area (Å²) in [6, 6.07) is 0. The van der Waals surface area contributed by atoms with Crippen LogP contribution in [-0.2, 0) is 4.79 Å². The van der Waals surface area contributed by atoms with Crippen LogP contribution in [-0.4, -0.2) is 27.7 Å². The average Bonchev–Trinajstić information content (AvgIpc) is 2.70. The minimum Gasteiger partial charge on any atom is -0.393 e. The minimum atomic E-state index is -0.656. The van der Waals surface area contributed by atoms with Crippen LogP contribution in [0.3, 0.4) is 0 Å². The van der Waals surface area contributed by atoms with Crippen LogP contribution in [0.25, 0.3) is 0 Å². The Hall–Kier alpha value is -0.410. The lowest BCUT2D eigenvalue weighted by Gasteiger charge is -2.62. The molecule has 4 saturated carbocycles. The topological polar surface area (TPSA) is 57.5 Å². The van der Waals surface area contributed by atoms with Crippen molar-refractivity contribution >= 4 is 5.78 Å². The molecule has 9 atom stereocenters. The maximum absolute atomic E-state index is 12.3. The number of hydrogen-bond acceptors (Lipinski definition) is 3. The van der Waals surface area contributed by atoms with Crippen molar-refractivity contribution in [2.24, 2.45) is 40.4 Å². The van der Waals surface area contributed by atoms with Crippen molar-refractivity contribution in [2.75, 3.05) is 0 Å². The number of carbonyl (C=O) groups excluding carboxylic acids is 1. The molecule has 0 radical (unpaired) electrons. The molecule has 0 bridgehead atoms. The van der Waals surface area contributed by atoms with Gasteiger partial charge in [-0.2, -0.15) is 0 Å². The third-order valence-electron chi connectivity index (χ3n) is 9.30. The SMILES string of the molecule is C[C@@H]1CC2(C)C3C(O)CC4(C)C(CC[C@]4(C)O)C3CC[C@H]2CC1=O. The molecule has 136 valence electrons. The van der Waals surface area contributed by atoms with E-state index < -0.39 is 5.60 Å². The van der Waals surface area contributed by atoms with Crippen molar-refractivity contribution < 1.29 is 15.0 Å². The van der Waals surface area contributed by atoms with Crippen LogP contribution < -0.4 is 0 Å². The molecule has 0 amide bonds. The molecular weight excluding hydrogens is 300 g/mol. The molecule has 0 aromatic carbocycles. The number of aliphatic hydroxyl groups is 2. The summed E-state index contributed by atoms with van der Waals surface area (Å²) in [5, 5.41) is 22.2. The lowest BCUT2D eigenvalue weighted by molar-refractivity contribution is -0.196. The van der Waals surface area contributed by atoms with Gasteiger partial charge in [-0.3, -0.25) is 4.79 Å². The fourth-order valence-electron chi connectivity index (χ4n) is 7.76. The zero-order valence-corrected chi connectivity index (χ0v) is 15.7. The van der Waals surface area contributed by atoms with E-state index in [1.54, 1.807) is 0 Å². The standard InChI is InChI=1S/C21H34O3/c1-12-10-19(2)13(9-16(12)22)5-6-14-15-7-8-21(4,24)20(15,3)11-17(23)18(14)19/h12-15,17-18,23-24H,5-11H2,1-4H3/t12-,13+,14?,15?,17?,18?,19?,20?,21+/m1/s1. The Morgan fingerprint density at radius 2 is 1.79 bits per heavy atom. The van der Waals surface area contributed by atoms with Crippen LogP contribution in [0.5, 0.6) is 0 Å². The van der Waals surface area contributed by atoms with Crippen molar-refractivity contribution in [2.45, 2.75) is 84.3 Å². The predicted molar refractivity (Wildman–Crippen MR) is 93.3 cm³/mol. The lowest BCUT2D eigenvalue weighted by Crippen LogP contribution is -2.61. The molecule has 3 heteroatoms. The molecule has 4 rings (SSSR count). The van der Waals surface area contributed by atoms with E-state index in [0.717, 1.165) is 38.5 Å². The summed E-state index contributed by atoms with van der Waals surface area (Å²) in [5.74, 6) is 2.34. The van der Waals surface area contributed by atoms with E-state index in [4.69, 9.17) is 0 Å². The summed E-state index contributed by atoms with van der Waals surface area (Å²) in [5.41, 5.74) is -0.727. The highest BCUT2D eigenvalue weighted by Gasteiger charge is 2.66. The highest BCUT2D eigenvalue weighted by Crippen LogP contribution is 2.68. The Kier molecular flexibility index (Phi) is 3.59. The summed E-state index contributed by atoms with van der Waals surface area (Å²) in [7, 11) is 0. The van der Waals surface area contributed by atoms with E-state index >= 15 is 0 Å². The number of Topliss-reactive ketones (excluding diaryl/α,β-unsaturated/α-hetero) is 1. The van der Waals surface area contributed by atoms with Crippen molar-refractivity contribution in [3.63, 3.8) is 0 Å². The summed E-state index contributed by atoms with van der Waals surface area (Å²) < 4.78 is 0. The van der Waals surface area contributed by atoms with Crippen LogP contribution in [0.4, 0.5) is 0 Å². The minimum absolute atomic E-state index is 0.0887. The van der Waals surface area contributed by atoms with Crippen molar-refractivity contribution in [1.82, 2.24) is 0 Å². The van der Waals surface area contributed by atoms with Crippen molar-refractivity contribution in [3.8, 4) is 0 Å². The van der Waals surface area contributed by atoms with Gasteiger partial charge < -0.3 is 10.2 Å². The lowest BCUT2D eigenvalue weighted by atomic mass is 9.43. The first-order valence-electron chi connectivity index (χ1n) is 10.0. The Morgan fingerprint density at radius 1 is 1.08 bits per heavy atom. The van der Waals surface area contributed by atoms with E-state index in [0.29, 0.717) is 35.9 Å². The molecule has 0 heterocycles. The number of ketones is 1. The molecule has 4 aliphatic carbocycles. The van der Waals surface area contributed by atoms with Gasteiger partial charge in [-0.1, -0.05) is 20.8 Å². The third kappa shape index (κ3) is 2.00. The molecule has 3 nitrogen and oxygen atoms in total. The molecule has 6 unspecified atom stereocenters. The Labute approximate surface area is 146 Å². The normalized spacial score (nSPS) is 60.3. The molecule has 4 aliphatic rings. The first-order chi connectivity index (χ1) is 11.1. The Morgan fingerprint density at radius 3 is 2.50 bits per heavy atom. The van der Waals surface area contributed by atoms with Crippen LogP contribution in [0.15, 0.2) is 0 Å². The van der Waals surface area contributed by atoms with Crippen molar-refractivity contribution in [3.05, 3.63) is 0 Å². The van der Waals surface area contributed by atoms with E-state index in [1.807, 2.05) is 6.92 Å². The average molecular weight is 335 g/mol. The first-order valence-corrected chi connectivity index (χ1v) is 10.0. The van der Waals surface area contributed by atoms with Crippen LogP contribution in [0, 0.1) is 40.4 Å². The number of aliphatic hydroxyl groups excluding tert-OH is 1. The number of fused-ring (bicyclic) bond motifs is 5. The molecule has 0 spiro atoms. The zero-order chi connectivity index (χ0) is 17.5. The molecule has 0 aliphatic heterocycles. The predicted octanol–water partition coefficient (Wildman–Crippen LogP) is 3.57. The highest BCUT2D eigenvalue weighted by atomic mass is 16.3. The second kappa shape index (κ2) is 5.07. The Balaban J connectivity index is 1.71. The smallest absolute Gasteiger partial charge is 0.136 e. The largest absolute Gasteiger partial charge is 0.393 e. The maximum Gasteiger partial charge on any atom is 0.136 e. The van der Waals surface area contributed by atoms with E-state index in [-0.39, 0.29) is 22.9 Å². The van der Waals surface area contributed by atoms with Crippen molar-refractivity contribution in [1.29, 1.82) is 0 Å². The number of carbonyl (C=O) groups is 1. The molecular formula is C21H34O3. The summed E-state index contributed by atoms with van der Waals surface area (Å²) in [6.45, 7) is 8.63. The Bertz CT molecular complexity index is 555. The monoisotopic (exact) mass is 334 g/mol. The molecule has 0 aromatic heterocycles. The third-order valence-corrected chi connectivity index (χ3v) is 9.30. The maximum atomic E-state index is 12.3. The van der Waals surface area contributed by atoms with Gasteiger partial charge in [-0.25, -0.2) is 0 Å². The van der Waals surface area contributed by atoms with Gasteiger partial charge in [0.1, 0.15) is 5.78 Å². The van der Waals surface area contributed by atoms with Gasteiger partial charge in [-0.05, 0) is 74.5 Å². The molecule has 0 aromatic rings. The highest BCUT2D eigenvalue weighted by molar-refractivity contribution is 5.82. The summed E-state index contributed by atoms with van der Waals surface area (Å²) >= 11 is 0. The van der Waals surface area contributed by atoms with Gasteiger partial charge in [0, 0.05) is 17.8 Å². The first kappa shape index (κ1) is 17.0. The van der Waals surface area contributed by atoms with E-state index in [2.05, 4.69) is 20.8 Å². The zero-order valence-electron chi connectivity index (χ0n) is 15.7. The van der Waals surface area contributed by atoms with Gasteiger partial charge in [-0.15, -0.1) is 0 Å². The fraction of sp³-hybridized carbons (Fsp3) is 0.952. The van der Waals surface area contributed by atoms with Gasteiger partial charge in [0.05, 0.1) is 11.7 Å². The van der Waals surface area contributed by atoms with Gasteiger partial charge in [0.25, 0.3) is 0 Å². The number of hydrogen-bond donors (Lipinski definition) is 2. The molecule has 0 saturated heterocycles. The van der Waals surface area contributed by atoms with Gasteiger partial charge in [0.2, 0.25) is 0 Å². The second-order valence-electron chi connectivity index (χ2n) is 10.4. The van der Waals surface area contributed by atoms with Crippen LogP contribution in [0.1, 0.15) is 72.6 Å².